The van der Waals surface area contributed by atoms with Crippen molar-refractivity contribution in [3.63, 3.8) is 0 Å². The van der Waals surface area contributed by atoms with Gasteiger partial charge in [0.15, 0.2) is 0 Å². The first-order valence-electron chi connectivity index (χ1n) is 3.59. The Morgan fingerprint density at radius 1 is 1.55 bits per heavy atom. The highest BCUT2D eigenvalue weighted by Crippen LogP contribution is 2.22. The third-order valence-corrected chi connectivity index (χ3v) is 1.81. The quantitative estimate of drug-likeness (QED) is 0.466. The smallest absolute Gasteiger partial charge is 0.214 e. The lowest BCUT2D eigenvalue weighted by Crippen LogP contribution is -2.42. The molecule has 1 rings (SSSR count). The summed E-state index contributed by atoms with van der Waals surface area (Å²) in [5.41, 5.74) is 0.637. The maximum Gasteiger partial charge on any atom is 0.214 e. The molecule has 62 valence electrons. The molecule has 0 amide bonds. The first kappa shape index (κ1) is 8.46. The van der Waals surface area contributed by atoms with E-state index in [0.717, 1.165) is 6.08 Å². The van der Waals surface area contributed by atoms with E-state index in [4.69, 9.17) is 10.2 Å². The molecule has 3 nitrogen and oxygen atoms in total. The molecule has 0 aliphatic heterocycles. The van der Waals surface area contributed by atoms with Gasteiger partial charge in [-0.2, -0.15) is 0 Å². The Balaban J connectivity index is 2.86. The normalized spacial score (nSPS) is 28.4. The standard InChI is InChI=1S/C8H12O3/c1-2-6-4-3-5-8(10,11)7(6)9/h3-5,7,9-11H,2H2,1H3/t7-/m0/s1. The highest BCUT2D eigenvalue weighted by atomic mass is 16.5. The summed E-state index contributed by atoms with van der Waals surface area (Å²) in [6.45, 7) is 1.85. The van der Waals surface area contributed by atoms with E-state index >= 15 is 0 Å². The molecule has 0 unspecified atom stereocenters. The van der Waals surface area contributed by atoms with Gasteiger partial charge in [-0.05, 0) is 18.1 Å². The molecular weight excluding hydrogens is 144 g/mol. The zero-order valence-electron chi connectivity index (χ0n) is 6.36. The molecule has 0 spiro atoms. The van der Waals surface area contributed by atoms with E-state index in [1.165, 1.54) is 6.08 Å². The van der Waals surface area contributed by atoms with Crippen molar-refractivity contribution in [3.05, 3.63) is 23.8 Å². The van der Waals surface area contributed by atoms with Gasteiger partial charge < -0.3 is 15.3 Å². The molecular formula is C8H12O3. The van der Waals surface area contributed by atoms with Crippen LogP contribution in [0.2, 0.25) is 0 Å². The summed E-state index contributed by atoms with van der Waals surface area (Å²) in [6.07, 6.45) is 3.82. The molecule has 0 bridgehead atoms. The fraction of sp³-hybridized carbons (Fsp3) is 0.500. The summed E-state index contributed by atoms with van der Waals surface area (Å²) in [5, 5.41) is 27.5. The predicted octanol–water partition coefficient (Wildman–Crippen LogP) is -0.0656. The van der Waals surface area contributed by atoms with E-state index in [1.54, 1.807) is 6.08 Å². The topological polar surface area (TPSA) is 60.7 Å². The Morgan fingerprint density at radius 2 is 2.18 bits per heavy atom. The highest BCUT2D eigenvalue weighted by molar-refractivity contribution is 5.27. The SMILES string of the molecule is CCC1=CC=CC(O)(O)[C@H]1O. The van der Waals surface area contributed by atoms with Crippen molar-refractivity contribution in [1.82, 2.24) is 0 Å². The monoisotopic (exact) mass is 156 g/mol. The lowest BCUT2D eigenvalue weighted by Gasteiger charge is -2.28. The van der Waals surface area contributed by atoms with Crippen LogP contribution in [-0.4, -0.2) is 27.2 Å². The van der Waals surface area contributed by atoms with Crippen molar-refractivity contribution in [2.24, 2.45) is 0 Å². The van der Waals surface area contributed by atoms with Crippen LogP contribution in [-0.2, 0) is 0 Å². The Labute approximate surface area is 65.3 Å². The number of rotatable bonds is 1. The van der Waals surface area contributed by atoms with Crippen LogP contribution in [0, 0.1) is 0 Å². The molecule has 0 saturated heterocycles. The second-order valence-electron chi connectivity index (χ2n) is 2.64. The molecule has 0 aromatic heterocycles. The van der Waals surface area contributed by atoms with Crippen molar-refractivity contribution in [1.29, 1.82) is 0 Å². The number of hydrogen-bond acceptors (Lipinski definition) is 3. The highest BCUT2D eigenvalue weighted by Gasteiger charge is 2.33. The van der Waals surface area contributed by atoms with Crippen molar-refractivity contribution in [3.8, 4) is 0 Å². The van der Waals surface area contributed by atoms with Crippen LogP contribution in [0.4, 0.5) is 0 Å². The summed E-state index contributed by atoms with van der Waals surface area (Å²) < 4.78 is 0. The van der Waals surface area contributed by atoms with Crippen molar-refractivity contribution in [2.75, 3.05) is 0 Å². The molecule has 0 saturated carbocycles. The second kappa shape index (κ2) is 2.77. The van der Waals surface area contributed by atoms with Crippen molar-refractivity contribution in [2.45, 2.75) is 25.2 Å². The largest absolute Gasteiger partial charge is 0.383 e. The van der Waals surface area contributed by atoms with Crippen LogP contribution in [0.3, 0.4) is 0 Å². The lowest BCUT2D eigenvalue weighted by molar-refractivity contribution is -0.178. The third kappa shape index (κ3) is 1.50. The number of aliphatic hydroxyl groups excluding tert-OH is 1. The third-order valence-electron chi connectivity index (χ3n) is 1.81. The molecule has 11 heavy (non-hydrogen) atoms. The molecule has 0 heterocycles. The summed E-state index contributed by atoms with van der Waals surface area (Å²) >= 11 is 0. The van der Waals surface area contributed by atoms with Gasteiger partial charge in [-0.25, -0.2) is 0 Å². The minimum absolute atomic E-state index is 0.619. The summed E-state index contributed by atoms with van der Waals surface area (Å²) in [7, 11) is 0. The van der Waals surface area contributed by atoms with Crippen LogP contribution in [0.5, 0.6) is 0 Å². The van der Waals surface area contributed by atoms with Gasteiger partial charge in [0.25, 0.3) is 0 Å². The van der Waals surface area contributed by atoms with Gasteiger partial charge in [0.05, 0.1) is 0 Å². The van der Waals surface area contributed by atoms with E-state index in [0.29, 0.717) is 12.0 Å². The zero-order valence-corrected chi connectivity index (χ0v) is 6.36. The van der Waals surface area contributed by atoms with E-state index < -0.39 is 11.9 Å². The van der Waals surface area contributed by atoms with Crippen LogP contribution in [0.1, 0.15) is 13.3 Å². The predicted molar refractivity (Wildman–Crippen MR) is 40.7 cm³/mol. The number of allylic oxidation sites excluding steroid dienone is 2. The molecule has 0 fully saturated rings. The van der Waals surface area contributed by atoms with E-state index in [1.807, 2.05) is 6.92 Å². The molecule has 0 radical (unpaired) electrons. The average molecular weight is 156 g/mol. The second-order valence-corrected chi connectivity index (χ2v) is 2.64. The molecule has 0 aromatic carbocycles. The van der Waals surface area contributed by atoms with E-state index in [2.05, 4.69) is 0 Å². The van der Waals surface area contributed by atoms with Gasteiger partial charge in [-0.15, -0.1) is 0 Å². The van der Waals surface area contributed by atoms with Crippen LogP contribution in [0.15, 0.2) is 23.8 Å². The van der Waals surface area contributed by atoms with Gasteiger partial charge >= 0.3 is 0 Å². The molecule has 3 heteroatoms. The lowest BCUT2D eigenvalue weighted by atomic mass is 9.94. The van der Waals surface area contributed by atoms with E-state index in [-0.39, 0.29) is 0 Å². The average Bonchev–Trinajstić information content (AvgIpc) is 1.95. The molecule has 1 aliphatic carbocycles. The van der Waals surface area contributed by atoms with Crippen LogP contribution >= 0.6 is 0 Å². The van der Waals surface area contributed by atoms with E-state index in [9.17, 15) is 5.11 Å². The van der Waals surface area contributed by atoms with Gasteiger partial charge in [-0.1, -0.05) is 19.1 Å². The van der Waals surface area contributed by atoms with Gasteiger partial charge in [-0.3, -0.25) is 0 Å². The maximum atomic E-state index is 9.28. The Morgan fingerprint density at radius 3 is 2.64 bits per heavy atom. The number of aliphatic hydroxyl groups is 3. The Hall–Kier alpha value is -0.640. The first-order valence-corrected chi connectivity index (χ1v) is 3.59. The molecule has 1 aliphatic rings. The summed E-state index contributed by atoms with van der Waals surface area (Å²) in [5.74, 6) is -2.08. The first-order chi connectivity index (χ1) is 5.08. The minimum atomic E-state index is -2.08. The molecule has 1 atom stereocenters. The van der Waals surface area contributed by atoms with Gasteiger partial charge in [0, 0.05) is 0 Å². The Kier molecular flexibility index (Phi) is 2.13. The Bertz CT molecular complexity index is 203. The van der Waals surface area contributed by atoms with Crippen molar-refractivity contribution >= 4 is 0 Å². The fourth-order valence-electron chi connectivity index (χ4n) is 1.08. The molecule has 3 N–H and O–H groups in total. The number of hydrogen-bond donors (Lipinski definition) is 3. The maximum absolute atomic E-state index is 9.28. The van der Waals surface area contributed by atoms with Crippen LogP contribution < -0.4 is 0 Å². The van der Waals surface area contributed by atoms with Gasteiger partial charge in [0.2, 0.25) is 5.79 Å². The molecule has 0 aromatic rings. The fourth-order valence-corrected chi connectivity index (χ4v) is 1.08. The zero-order chi connectivity index (χ0) is 8.48. The van der Waals surface area contributed by atoms with Crippen LogP contribution in [0.25, 0.3) is 0 Å². The van der Waals surface area contributed by atoms with Gasteiger partial charge in [0.1, 0.15) is 6.10 Å². The summed E-state index contributed by atoms with van der Waals surface area (Å²) in [4.78, 5) is 0. The summed E-state index contributed by atoms with van der Waals surface area (Å²) in [6, 6.07) is 0. The minimum Gasteiger partial charge on any atom is -0.383 e. The van der Waals surface area contributed by atoms with Crippen molar-refractivity contribution < 1.29 is 15.3 Å².